The van der Waals surface area contributed by atoms with Gasteiger partial charge < -0.3 is 4.90 Å². The van der Waals surface area contributed by atoms with Crippen LogP contribution in [0.4, 0.5) is 17.1 Å². The van der Waals surface area contributed by atoms with Crippen molar-refractivity contribution in [2.24, 2.45) is 17.3 Å². The zero-order valence-corrected chi connectivity index (χ0v) is 14.8. The van der Waals surface area contributed by atoms with E-state index in [1.165, 1.54) is 0 Å². The lowest BCUT2D eigenvalue weighted by molar-refractivity contribution is -0.644. The first-order valence-corrected chi connectivity index (χ1v) is 8.53. The molecule has 1 aromatic heterocycles. The first-order valence-electron chi connectivity index (χ1n) is 7.90. The van der Waals surface area contributed by atoms with Crippen LogP contribution in [0.2, 0.25) is 0 Å². The summed E-state index contributed by atoms with van der Waals surface area (Å²) in [6.45, 7) is 0.914. The number of azo groups is 1. The molecule has 0 saturated heterocycles. The number of nitrogens with zero attached hydrogens (tertiary/aromatic N) is 4. The predicted octanol–water partition coefficient (Wildman–Crippen LogP) is 4.45. The van der Waals surface area contributed by atoms with E-state index in [0.29, 0.717) is 0 Å². The summed E-state index contributed by atoms with van der Waals surface area (Å²) >= 11 is 4.26. The van der Waals surface area contributed by atoms with Gasteiger partial charge in [0.15, 0.2) is 6.20 Å². The van der Waals surface area contributed by atoms with Crippen LogP contribution < -0.4 is 9.47 Å². The molecule has 0 spiro atoms. The largest absolute Gasteiger partial charge is 0.374 e. The van der Waals surface area contributed by atoms with Crippen molar-refractivity contribution in [3.8, 4) is 0 Å². The molecule has 0 radical (unpaired) electrons. The fourth-order valence-electron chi connectivity index (χ4n) is 2.62. The minimum Gasteiger partial charge on any atom is -0.374 e. The molecule has 24 heavy (non-hydrogen) atoms. The van der Waals surface area contributed by atoms with E-state index in [4.69, 9.17) is 0 Å². The second-order valence-electron chi connectivity index (χ2n) is 5.69. The van der Waals surface area contributed by atoms with Gasteiger partial charge in [-0.2, -0.15) is 17.7 Å². The number of pyridine rings is 1. The Bertz CT molecular complexity index is 859. The van der Waals surface area contributed by atoms with Gasteiger partial charge in [-0.1, -0.05) is 6.07 Å². The van der Waals surface area contributed by atoms with Gasteiger partial charge in [0.1, 0.15) is 7.05 Å². The van der Waals surface area contributed by atoms with Gasteiger partial charge in [-0.05, 0) is 36.4 Å². The van der Waals surface area contributed by atoms with Crippen LogP contribution in [0, 0.1) is 0 Å². The molecule has 0 bridgehead atoms. The van der Waals surface area contributed by atoms with E-state index in [-0.39, 0.29) is 0 Å². The smallest absolute Gasteiger partial charge is 0.214 e. The van der Waals surface area contributed by atoms with Crippen molar-refractivity contribution in [1.29, 1.82) is 0 Å². The van der Waals surface area contributed by atoms with Crippen molar-refractivity contribution in [3.63, 3.8) is 0 Å². The van der Waals surface area contributed by atoms with Gasteiger partial charge in [-0.25, -0.2) is 4.57 Å². The van der Waals surface area contributed by atoms with Crippen molar-refractivity contribution in [2.45, 2.75) is 0 Å². The van der Waals surface area contributed by atoms with Crippen molar-refractivity contribution in [3.05, 3.63) is 60.8 Å². The maximum Gasteiger partial charge on any atom is 0.214 e. The minimum absolute atomic E-state index is 0.830. The summed E-state index contributed by atoms with van der Waals surface area (Å²) < 4.78 is 2.08. The summed E-state index contributed by atoms with van der Waals surface area (Å²) in [5, 5.41) is 9.92. The molecule has 0 aliphatic carbocycles. The van der Waals surface area contributed by atoms with Gasteiger partial charge in [0, 0.05) is 37.2 Å². The number of benzene rings is 2. The molecule has 5 heteroatoms. The van der Waals surface area contributed by atoms with Gasteiger partial charge in [0.25, 0.3) is 0 Å². The highest BCUT2D eigenvalue weighted by Crippen LogP contribution is 2.26. The van der Waals surface area contributed by atoms with Crippen molar-refractivity contribution in [1.82, 2.24) is 0 Å². The topological polar surface area (TPSA) is 31.8 Å². The lowest BCUT2D eigenvalue weighted by atomic mass is 10.2. The molecule has 0 unspecified atom stereocenters. The molecule has 0 saturated carbocycles. The van der Waals surface area contributed by atoms with E-state index >= 15 is 0 Å². The van der Waals surface area contributed by atoms with Crippen LogP contribution in [0.3, 0.4) is 0 Å². The predicted molar refractivity (Wildman–Crippen MR) is 103 cm³/mol. The zero-order chi connectivity index (χ0) is 16.9. The lowest BCUT2D eigenvalue weighted by Crippen LogP contribution is -2.27. The Morgan fingerprint density at radius 2 is 1.79 bits per heavy atom. The molecule has 2 aromatic carbocycles. The summed E-state index contributed by atoms with van der Waals surface area (Å²) in [7, 11) is 4.09. The van der Waals surface area contributed by atoms with Crippen LogP contribution in [0.5, 0.6) is 0 Å². The van der Waals surface area contributed by atoms with Gasteiger partial charge in [0.2, 0.25) is 5.52 Å². The van der Waals surface area contributed by atoms with E-state index in [9.17, 15) is 0 Å². The van der Waals surface area contributed by atoms with E-state index in [1.54, 1.807) is 0 Å². The Morgan fingerprint density at radius 3 is 2.54 bits per heavy atom. The Morgan fingerprint density at radius 1 is 1.00 bits per heavy atom. The average Bonchev–Trinajstić information content (AvgIpc) is 2.61. The highest BCUT2D eigenvalue weighted by Gasteiger charge is 2.07. The monoisotopic (exact) mass is 337 g/mol. The molecule has 3 aromatic rings. The van der Waals surface area contributed by atoms with Crippen LogP contribution in [0.1, 0.15) is 0 Å². The lowest BCUT2D eigenvalue weighted by Gasteiger charge is -2.17. The number of aromatic nitrogens is 1. The fourth-order valence-corrected chi connectivity index (χ4v) is 2.92. The summed E-state index contributed by atoms with van der Waals surface area (Å²) in [4.78, 5) is 2.17. The van der Waals surface area contributed by atoms with Crippen LogP contribution in [0.15, 0.2) is 71.0 Å². The SMILES string of the molecule is CN(CCS)c1ccc(N=Nc2cccc3c2ccc[n+]3C)cc1. The standard InChI is InChI=1S/C19H20N4S/c1-22(13-14-24)16-10-8-15(9-11-16)20-21-18-6-3-7-19-17(18)5-4-12-23(19)2/h3-12H,13-14H2,1-2H3/p+1. The maximum atomic E-state index is 4.44. The second kappa shape index (κ2) is 7.45. The van der Waals surface area contributed by atoms with Crippen LogP contribution in [-0.4, -0.2) is 19.3 Å². The normalized spacial score (nSPS) is 11.3. The van der Waals surface area contributed by atoms with Crippen LogP contribution in [-0.2, 0) is 7.05 Å². The third-order valence-corrected chi connectivity index (χ3v) is 4.21. The molecular weight excluding hydrogens is 316 g/mol. The second-order valence-corrected chi connectivity index (χ2v) is 6.14. The molecule has 4 nitrogen and oxygen atoms in total. The molecule has 0 aliphatic heterocycles. The zero-order valence-electron chi connectivity index (χ0n) is 13.9. The molecule has 1 heterocycles. The Hall–Kier alpha value is -2.40. The van der Waals surface area contributed by atoms with E-state index in [2.05, 4.69) is 63.6 Å². The number of anilines is 1. The summed E-state index contributed by atoms with van der Waals surface area (Å²) in [5.74, 6) is 0.830. The molecule has 122 valence electrons. The third kappa shape index (κ3) is 3.57. The van der Waals surface area contributed by atoms with Gasteiger partial charge >= 0.3 is 0 Å². The highest BCUT2D eigenvalue weighted by atomic mass is 32.1. The van der Waals surface area contributed by atoms with E-state index in [1.807, 2.05) is 43.6 Å². The molecule has 3 rings (SSSR count). The number of aryl methyl sites for hydroxylation is 1. The molecule has 0 amide bonds. The summed E-state index contributed by atoms with van der Waals surface area (Å²) in [6.07, 6.45) is 2.03. The van der Waals surface area contributed by atoms with Gasteiger partial charge in [-0.3, -0.25) is 0 Å². The first kappa shape index (κ1) is 16.5. The Kier molecular flexibility index (Phi) is 5.11. The van der Waals surface area contributed by atoms with Crippen molar-refractivity contribution < 1.29 is 4.57 Å². The van der Waals surface area contributed by atoms with Crippen molar-refractivity contribution in [2.75, 3.05) is 24.2 Å². The van der Waals surface area contributed by atoms with Crippen molar-refractivity contribution >= 4 is 40.6 Å². The summed E-state index contributed by atoms with van der Waals surface area (Å²) in [5.41, 5.74) is 4.01. The van der Waals surface area contributed by atoms with Crippen LogP contribution >= 0.6 is 12.6 Å². The molecule has 0 atom stereocenters. The molecular formula is C19H21N4S+. The number of hydrogen-bond donors (Lipinski definition) is 1. The van der Waals surface area contributed by atoms with E-state index in [0.717, 1.165) is 40.3 Å². The average molecular weight is 337 g/mol. The fraction of sp³-hybridized carbons (Fsp3) is 0.211. The molecule has 0 fully saturated rings. The molecule has 0 aliphatic rings. The summed E-state index contributed by atoms with van der Waals surface area (Å²) in [6, 6.07) is 18.2. The highest BCUT2D eigenvalue weighted by molar-refractivity contribution is 7.80. The molecule has 0 N–H and O–H groups in total. The number of hydrogen-bond acceptors (Lipinski definition) is 4. The van der Waals surface area contributed by atoms with E-state index < -0.39 is 0 Å². The Labute approximate surface area is 147 Å². The number of thiol groups is 1. The minimum atomic E-state index is 0.830. The number of rotatable bonds is 5. The van der Waals surface area contributed by atoms with Gasteiger partial charge in [0.05, 0.1) is 16.8 Å². The first-order chi connectivity index (χ1) is 11.7. The van der Waals surface area contributed by atoms with Gasteiger partial charge in [-0.15, -0.1) is 5.11 Å². The quantitative estimate of drug-likeness (QED) is 0.416. The van der Waals surface area contributed by atoms with Crippen LogP contribution in [0.25, 0.3) is 10.9 Å². The maximum absolute atomic E-state index is 4.44. The number of fused-ring (bicyclic) bond motifs is 1. The third-order valence-electron chi connectivity index (χ3n) is 4.01. The Balaban J connectivity index is 1.85.